The number of hydrogen-bond donors (Lipinski definition) is 1. The molecule has 0 aliphatic carbocycles. The number of hydrogen-bond acceptors (Lipinski definition) is 5. The molecule has 0 unspecified atom stereocenters. The maximum atomic E-state index is 6.00. The molecule has 0 amide bonds. The molecule has 5 nitrogen and oxygen atoms in total. The minimum absolute atomic E-state index is 0.496. The summed E-state index contributed by atoms with van der Waals surface area (Å²) in [7, 11) is 3.28. The van der Waals surface area contributed by atoms with Gasteiger partial charge in [0.1, 0.15) is 12.4 Å². The lowest BCUT2D eigenvalue weighted by atomic mass is 10.1. The van der Waals surface area contributed by atoms with Gasteiger partial charge >= 0.3 is 0 Å². The van der Waals surface area contributed by atoms with Gasteiger partial charge in [0, 0.05) is 0 Å². The summed E-state index contributed by atoms with van der Waals surface area (Å²) >= 11 is 0. The van der Waals surface area contributed by atoms with E-state index in [9.17, 15) is 0 Å². The average Bonchev–Trinajstić information content (AvgIpc) is 2.75. The highest BCUT2D eigenvalue weighted by Crippen LogP contribution is 2.29. The number of nitrogens with one attached hydrogen (secondary N) is 1. The Labute approximate surface area is 171 Å². The molecule has 0 atom stereocenters. The molecular formula is C24H26N2O3. The van der Waals surface area contributed by atoms with Gasteiger partial charge in [0.05, 0.1) is 26.1 Å². The molecule has 3 aromatic rings. The first-order valence-electron chi connectivity index (χ1n) is 9.39. The number of hydrazone groups is 1. The summed E-state index contributed by atoms with van der Waals surface area (Å²) in [6.45, 7) is 4.67. The van der Waals surface area contributed by atoms with Gasteiger partial charge in [-0.1, -0.05) is 23.8 Å². The minimum Gasteiger partial charge on any atom is -0.497 e. The maximum Gasteiger partial charge on any atom is 0.161 e. The summed E-state index contributed by atoms with van der Waals surface area (Å²) in [5.74, 6) is 2.18. The van der Waals surface area contributed by atoms with Gasteiger partial charge in [-0.25, -0.2) is 0 Å². The zero-order valence-corrected chi connectivity index (χ0v) is 17.2. The van der Waals surface area contributed by atoms with E-state index >= 15 is 0 Å². The fraction of sp³-hybridized carbons (Fsp3) is 0.208. The highest BCUT2D eigenvalue weighted by atomic mass is 16.5. The lowest BCUT2D eigenvalue weighted by Gasteiger charge is -2.13. The van der Waals surface area contributed by atoms with Gasteiger partial charge < -0.3 is 14.2 Å². The molecule has 5 heteroatoms. The van der Waals surface area contributed by atoms with Crippen LogP contribution in [0, 0.1) is 13.8 Å². The second-order valence-corrected chi connectivity index (χ2v) is 6.73. The molecule has 0 aromatic heterocycles. The van der Waals surface area contributed by atoms with Crippen LogP contribution < -0.4 is 19.6 Å². The smallest absolute Gasteiger partial charge is 0.161 e. The molecule has 0 heterocycles. The molecule has 1 N–H and O–H groups in total. The third kappa shape index (κ3) is 5.51. The molecule has 0 aliphatic rings. The lowest BCUT2D eigenvalue weighted by molar-refractivity contribution is 0.284. The van der Waals surface area contributed by atoms with Crippen LogP contribution >= 0.6 is 0 Å². The third-order valence-corrected chi connectivity index (χ3v) is 4.57. The Morgan fingerprint density at radius 1 is 0.862 bits per heavy atom. The standard InChI is InChI=1S/C24H26N2O3/c1-17-5-6-18(2)20(13-17)16-29-23-12-7-19(14-24(23)28-4)15-25-26-21-8-10-22(27-3)11-9-21/h5-15,26H,16H2,1-4H3/b25-15+. The Morgan fingerprint density at radius 3 is 2.38 bits per heavy atom. The van der Waals surface area contributed by atoms with Crippen LogP contribution in [0.2, 0.25) is 0 Å². The summed E-state index contributed by atoms with van der Waals surface area (Å²) in [4.78, 5) is 0. The fourth-order valence-corrected chi connectivity index (χ4v) is 2.84. The van der Waals surface area contributed by atoms with Crippen LogP contribution in [-0.2, 0) is 6.61 Å². The van der Waals surface area contributed by atoms with Gasteiger partial charge in [0.25, 0.3) is 0 Å². The summed E-state index contributed by atoms with van der Waals surface area (Å²) in [5.41, 5.74) is 8.38. The van der Waals surface area contributed by atoms with E-state index in [0.717, 1.165) is 17.0 Å². The second kappa shape index (κ2) is 9.64. The molecule has 0 radical (unpaired) electrons. The predicted molar refractivity (Wildman–Crippen MR) is 117 cm³/mol. The molecule has 0 spiro atoms. The molecule has 150 valence electrons. The molecule has 29 heavy (non-hydrogen) atoms. The average molecular weight is 390 g/mol. The monoisotopic (exact) mass is 390 g/mol. The molecule has 0 fully saturated rings. The maximum absolute atomic E-state index is 6.00. The Kier molecular flexibility index (Phi) is 6.74. The summed E-state index contributed by atoms with van der Waals surface area (Å²) < 4.78 is 16.6. The van der Waals surface area contributed by atoms with E-state index in [1.165, 1.54) is 16.7 Å². The quantitative estimate of drug-likeness (QED) is 0.416. The van der Waals surface area contributed by atoms with E-state index in [4.69, 9.17) is 14.2 Å². The SMILES string of the molecule is COc1ccc(N/N=C/c2ccc(OCc3cc(C)ccc3C)c(OC)c2)cc1. The first kappa shape index (κ1) is 20.3. The number of benzene rings is 3. The topological polar surface area (TPSA) is 52.1 Å². The number of ether oxygens (including phenoxy) is 3. The summed E-state index contributed by atoms with van der Waals surface area (Å²) in [6, 6.07) is 19.7. The van der Waals surface area contributed by atoms with E-state index < -0.39 is 0 Å². The van der Waals surface area contributed by atoms with Crippen LogP contribution in [0.5, 0.6) is 17.2 Å². The Balaban J connectivity index is 1.65. The highest BCUT2D eigenvalue weighted by molar-refractivity contribution is 5.81. The molecule has 0 saturated heterocycles. The number of rotatable bonds is 8. The summed E-state index contributed by atoms with van der Waals surface area (Å²) in [6.07, 6.45) is 1.74. The van der Waals surface area contributed by atoms with Crippen molar-refractivity contribution < 1.29 is 14.2 Å². The predicted octanol–water partition coefficient (Wildman–Crippen LogP) is 5.35. The lowest BCUT2D eigenvalue weighted by Crippen LogP contribution is -2.00. The molecule has 0 bridgehead atoms. The molecule has 0 saturated carbocycles. The van der Waals surface area contributed by atoms with Gasteiger partial charge in [-0.2, -0.15) is 5.10 Å². The van der Waals surface area contributed by atoms with Crippen molar-refractivity contribution >= 4 is 11.9 Å². The van der Waals surface area contributed by atoms with E-state index in [0.29, 0.717) is 18.1 Å². The van der Waals surface area contributed by atoms with Gasteiger partial charge in [-0.05, 0) is 73.0 Å². The van der Waals surface area contributed by atoms with Crippen molar-refractivity contribution in [2.75, 3.05) is 19.6 Å². The van der Waals surface area contributed by atoms with E-state index in [2.05, 4.69) is 42.6 Å². The van der Waals surface area contributed by atoms with E-state index in [1.54, 1.807) is 20.4 Å². The van der Waals surface area contributed by atoms with Crippen LogP contribution in [0.3, 0.4) is 0 Å². The second-order valence-electron chi connectivity index (χ2n) is 6.73. The Hall–Kier alpha value is -3.47. The molecule has 3 aromatic carbocycles. The van der Waals surface area contributed by atoms with Crippen molar-refractivity contribution in [1.29, 1.82) is 0 Å². The van der Waals surface area contributed by atoms with E-state index in [-0.39, 0.29) is 0 Å². The number of methoxy groups -OCH3 is 2. The first-order chi connectivity index (χ1) is 14.1. The fourth-order valence-electron chi connectivity index (χ4n) is 2.84. The van der Waals surface area contributed by atoms with Gasteiger partial charge in [-0.3, -0.25) is 5.43 Å². The van der Waals surface area contributed by atoms with Crippen LogP contribution in [0.4, 0.5) is 5.69 Å². The van der Waals surface area contributed by atoms with Crippen molar-refractivity contribution in [2.24, 2.45) is 5.10 Å². The molecular weight excluding hydrogens is 364 g/mol. The zero-order valence-electron chi connectivity index (χ0n) is 17.2. The van der Waals surface area contributed by atoms with Crippen LogP contribution in [-0.4, -0.2) is 20.4 Å². The number of anilines is 1. The Morgan fingerprint density at radius 2 is 1.66 bits per heavy atom. The van der Waals surface area contributed by atoms with Gasteiger partial charge in [0.15, 0.2) is 11.5 Å². The normalized spacial score (nSPS) is 10.8. The summed E-state index contributed by atoms with van der Waals surface area (Å²) in [5, 5.41) is 4.28. The minimum atomic E-state index is 0.496. The number of aryl methyl sites for hydroxylation is 2. The van der Waals surface area contributed by atoms with Crippen LogP contribution in [0.1, 0.15) is 22.3 Å². The van der Waals surface area contributed by atoms with Crippen molar-refractivity contribution in [3.05, 3.63) is 82.9 Å². The van der Waals surface area contributed by atoms with E-state index in [1.807, 2.05) is 42.5 Å². The van der Waals surface area contributed by atoms with Crippen LogP contribution in [0.15, 0.2) is 65.8 Å². The zero-order chi connectivity index (χ0) is 20.6. The van der Waals surface area contributed by atoms with Crippen molar-refractivity contribution in [1.82, 2.24) is 0 Å². The van der Waals surface area contributed by atoms with Crippen molar-refractivity contribution in [2.45, 2.75) is 20.5 Å². The molecule has 3 rings (SSSR count). The highest BCUT2D eigenvalue weighted by Gasteiger charge is 2.07. The Bertz CT molecular complexity index is 982. The van der Waals surface area contributed by atoms with Crippen LogP contribution in [0.25, 0.3) is 0 Å². The van der Waals surface area contributed by atoms with Crippen molar-refractivity contribution in [3.63, 3.8) is 0 Å². The van der Waals surface area contributed by atoms with Crippen molar-refractivity contribution in [3.8, 4) is 17.2 Å². The molecule has 0 aliphatic heterocycles. The van der Waals surface area contributed by atoms with Gasteiger partial charge in [0.2, 0.25) is 0 Å². The largest absolute Gasteiger partial charge is 0.497 e. The first-order valence-corrected chi connectivity index (χ1v) is 9.39. The number of nitrogens with zero attached hydrogens (tertiary/aromatic N) is 1. The van der Waals surface area contributed by atoms with Gasteiger partial charge in [-0.15, -0.1) is 0 Å². The third-order valence-electron chi connectivity index (χ3n) is 4.57.